The molecule has 0 aromatic heterocycles. The largest absolute Gasteiger partial charge is 0.358 e. The first kappa shape index (κ1) is 14.9. The molecule has 1 atom stereocenters. The normalized spacial score (nSPS) is 12.3. The Balaban J connectivity index is 4.57. The second-order valence-corrected chi connectivity index (χ2v) is 3.58. The number of nitrogens with one attached hydrogen (secondary N) is 2. The highest BCUT2D eigenvalue weighted by molar-refractivity contribution is 5.83. The number of hydrogen-bond donors (Lipinski definition) is 3. The van der Waals surface area contributed by atoms with Crippen LogP contribution in [-0.4, -0.2) is 42.9 Å². The zero-order valence-electron chi connectivity index (χ0n) is 10.2. The highest BCUT2D eigenvalue weighted by Gasteiger charge is 2.24. The molecule has 94 valence electrons. The quantitative estimate of drug-likeness (QED) is 0.304. The molecule has 16 heavy (non-hydrogen) atoms. The zero-order valence-corrected chi connectivity index (χ0v) is 10.2. The maximum atomic E-state index is 11.5. The van der Waals surface area contributed by atoms with Gasteiger partial charge in [-0.25, -0.2) is 5.84 Å². The lowest BCUT2D eigenvalue weighted by molar-refractivity contribution is -0.129. The van der Waals surface area contributed by atoms with E-state index in [2.05, 4.69) is 10.7 Å². The highest BCUT2D eigenvalue weighted by atomic mass is 16.2. The molecule has 2 amide bonds. The summed E-state index contributed by atoms with van der Waals surface area (Å²) >= 11 is 0. The predicted octanol–water partition coefficient (Wildman–Crippen LogP) is -0.787. The lowest BCUT2D eigenvalue weighted by atomic mass is 10.1. The topological polar surface area (TPSA) is 87.5 Å². The smallest absolute Gasteiger partial charge is 0.251 e. The Hall–Kier alpha value is -1.14. The van der Waals surface area contributed by atoms with E-state index >= 15 is 0 Å². The molecular weight excluding hydrogens is 208 g/mol. The molecule has 0 rings (SSSR count). The van der Waals surface area contributed by atoms with Crippen LogP contribution in [0.5, 0.6) is 0 Å². The number of hydrogen-bond acceptors (Lipinski definition) is 4. The van der Waals surface area contributed by atoms with Gasteiger partial charge in [-0.1, -0.05) is 13.8 Å². The van der Waals surface area contributed by atoms with Crippen molar-refractivity contribution in [2.45, 2.75) is 32.7 Å². The fourth-order valence-corrected chi connectivity index (χ4v) is 1.60. The molecule has 0 saturated heterocycles. The fourth-order valence-electron chi connectivity index (χ4n) is 1.60. The summed E-state index contributed by atoms with van der Waals surface area (Å²) in [5.41, 5.74) is 2.13. The molecule has 1 unspecified atom stereocenters. The Kier molecular flexibility index (Phi) is 7.49. The summed E-state index contributed by atoms with van der Waals surface area (Å²) in [5, 5.41) is 2.55. The number of rotatable bonds is 7. The van der Waals surface area contributed by atoms with Crippen LogP contribution in [0.3, 0.4) is 0 Å². The minimum Gasteiger partial charge on any atom is -0.358 e. The van der Waals surface area contributed by atoms with Crippen molar-refractivity contribution >= 4 is 11.8 Å². The van der Waals surface area contributed by atoms with Crippen LogP contribution in [0.2, 0.25) is 0 Å². The number of nitrogens with two attached hydrogens (primary N) is 1. The van der Waals surface area contributed by atoms with Crippen molar-refractivity contribution in [3.05, 3.63) is 0 Å². The van der Waals surface area contributed by atoms with Crippen molar-refractivity contribution in [2.75, 3.05) is 20.1 Å². The second-order valence-electron chi connectivity index (χ2n) is 3.58. The van der Waals surface area contributed by atoms with Gasteiger partial charge in [-0.3, -0.25) is 19.9 Å². The molecule has 0 fully saturated rings. The van der Waals surface area contributed by atoms with E-state index in [4.69, 9.17) is 5.84 Å². The van der Waals surface area contributed by atoms with Crippen molar-refractivity contribution in [1.29, 1.82) is 0 Å². The number of amides is 2. The molecule has 0 heterocycles. The van der Waals surface area contributed by atoms with Gasteiger partial charge in [0.25, 0.3) is 5.91 Å². The average molecular weight is 230 g/mol. The summed E-state index contributed by atoms with van der Waals surface area (Å²) in [7, 11) is 1.58. The Morgan fingerprint density at radius 1 is 1.38 bits per heavy atom. The maximum Gasteiger partial charge on any atom is 0.251 e. The first-order chi connectivity index (χ1) is 7.60. The van der Waals surface area contributed by atoms with E-state index in [-0.39, 0.29) is 24.4 Å². The van der Waals surface area contributed by atoms with Crippen molar-refractivity contribution in [2.24, 2.45) is 5.84 Å². The van der Waals surface area contributed by atoms with Crippen LogP contribution in [0, 0.1) is 0 Å². The van der Waals surface area contributed by atoms with E-state index < -0.39 is 0 Å². The number of nitrogens with zero attached hydrogens (tertiary/aromatic N) is 1. The monoisotopic (exact) mass is 230 g/mol. The first-order valence-corrected chi connectivity index (χ1v) is 5.55. The van der Waals surface area contributed by atoms with Gasteiger partial charge in [-0.15, -0.1) is 0 Å². The summed E-state index contributed by atoms with van der Waals surface area (Å²) in [4.78, 5) is 24.7. The van der Waals surface area contributed by atoms with Crippen molar-refractivity contribution < 1.29 is 9.59 Å². The molecule has 6 nitrogen and oxygen atoms in total. The summed E-state index contributed by atoms with van der Waals surface area (Å²) in [6.45, 7) is 4.81. The van der Waals surface area contributed by atoms with Crippen LogP contribution in [0.4, 0.5) is 0 Å². The number of hydrazine groups is 1. The first-order valence-electron chi connectivity index (χ1n) is 5.55. The fraction of sp³-hybridized carbons (Fsp3) is 0.800. The highest BCUT2D eigenvalue weighted by Crippen LogP contribution is 2.05. The Morgan fingerprint density at radius 3 is 2.38 bits per heavy atom. The van der Waals surface area contributed by atoms with Crippen molar-refractivity contribution in [3.63, 3.8) is 0 Å². The van der Waals surface area contributed by atoms with E-state index in [1.807, 2.05) is 18.7 Å². The molecule has 0 aromatic rings. The third kappa shape index (κ3) is 4.59. The zero-order chi connectivity index (χ0) is 12.6. The molecule has 0 spiro atoms. The van der Waals surface area contributed by atoms with E-state index in [0.717, 1.165) is 6.42 Å². The van der Waals surface area contributed by atoms with Crippen LogP contribution >= 0.6 is 0 Å². The van der Waals surface area contributed by atoms with Gasteiger partial charge in [0.2, 0.25) is 5.91 Å². The van der Waals surface area contributed by atoms with Gasteiger partial charge in [0, 0.05) is 7.05 Å². The van der Waals surface area contributed by atoms with Crippen LogP contribution < -0.4 is 16.6 Å². The van der Waals surface area contributed by atoms with E-state index in [9.17, 15) is 9.59 Å². The van der Waals surface area contributed by atoms with E-state index in [1.165, 1.54) is 0 Å². The molecule has 0 radical (unpaired) electrons. The molecule has 0 aliphatic heterocycles. The van der Waals surface area contributed by atoms with Crippen LogP contribution in [0.25, 0.3) is 0 Å². The average Bonchev–Trinajstić information content (AvgIpc) is 2.29. The van der Waals surface area contributed by atoms with Gasteiger partial charge in [0.05, 0.1) is 12.6 Å². The maximum absolute atomic E-state index is 11.5. The number of carbonyl (C=O) groups is 2. The molecule has 0 saturated carbocycles. The van der Waals surface area contributed by atoms with Gasteiger partial charge >= 0.3 is 0 Å². The van der Waals surface area contributed by atoms with Crippen molar-refractivity contribution in [3.8, 4) is 0 Å². The number of likely N-dealkylation sites (N-methyl/N-ethyl adjacent to an activating group) is 1. The Labute approximate surface area is 96.5 Å². The minimum atomic E-state index is -0.345. The van der Waals surface area contributed by atoms with E-state index in [0.29, 0.717) is 13.0 Å². The summed E-state index contributed by atoms with van der Waals surface area (Å²) in [5.74, 6) is 4.77. The minimum absolute atomic E-state index is 0.100. The third-order valence-electron chi connectivity index (χ3n) is 2.41. The van der Waals surface area contributed by atoms with Gasteiger partial charge < -0.3 is 5.32 Å². The van der Waals surface area contributed by atoms with Crippen LogP contribution in [0.1, 0.15) is 26.7 Å². The second kappa shape index (κ2) is 8.06. The van der Waals surface area contributed by atoms with E-state index in [1.54, 1.807) is 7.05 Å². The van der Waals surface area contributed by atoms with Crippen molar-refractivity contribution in [1.82, 2.24) is 15.6 Å². The third-order valence-corrected chi connectivity index (χ3v) is 2.41. The lowest BCUT2D eigenvalue weighted by Crippen LogP contribution is -2.51. The Bertz CT molecular complexity index is 233. The molecule has 0 aliphatic rings. The molecule has 0 aliphatic carbocycles. The van der Waals surface area contributed by atoms with Gasteiger partial charge in [-0.2, -0.15) is 0 Å². The molecule has 0 aromatic carbocycles. The molecular formula is C10H22N4O2. The van der Waals surface area contributed by atoms with Gasteiger partial charge in [0.15, 0.2) is 0 Å². The van der Waals surface area contributed by atoms with Gasteiger partial charge in [0.1, 0.15) is 0 Å². The molecule has 6 heteroatoms. The summed E-state index contributed by atoms with van der Waals surface area (Å²) < 4.78 is 0. The van der Waals surface area contributed by atoms with Gasteiger partial charge in [-0.05, 0) is 19.4 Å². The van der Waals surface area contributed by atoms with Crippen LogP contribution in [-0.2, 0) is 9.59 Å². The SMILES string of the molecule is CCCN(CC(=O)NC)C(CC)C(=O)NN. The lowest BCUT2D eigenvalue weighted by Gasteiger charge is -2.28. The summed E-state index contributed by atoms with van der Waals surface area (Å²) in [6, 6.07) is -0.345. The standard InChI is InChI=1S/C10H22N4O2/c1-4-6-14(7-9(15)12-3)8(5-2)10(16)13-11/h8H,4-7,11H2,1-3H3,(H,12,15)(H,13,16). The number of carbonyl (C=O) groups excluding carboxylic acids is 2. The predicted molar refractivity (Wildman–Crippen MR) is 62.3 cm³/mol. The molecule has 0 bridgehead atoms. The Morgan fingerprint density at radius 2 is 2.00 bits per heavy atom. The van der Waals surface area contributed by atoms with Crippen LogP contribution in [0.15, 0.2) is 0 Å². The molecule has 4 N–H and O–H groups in total. The summed E-state index contributed by atoms with van der Waals surface area (Å²) in [6.07, 6.45) is 1.51.